The normalized spacial score (nSPS) is 11.4. The largest absolute Gasteiger partial charge is 1.00 e. The highest BCUT2D eigenvalue weighted by Crippen LogP contribution is 2.17. The van der Waals surface area contributed by atoms with E-state index in [-0.39, 0.29) is 12.4 Å². The minimum Gasteiger partial charge on any atom is -1.00 e. The van der Waals surface area contributed by atoms with Crippen LogP contribution in [0.4, 0.5) is 0 Å². The van der Waals surface area contributed by atoms with Gasteiger partial charge in [-0.3, -0.25) is 0 Å². The molecule has 59 heavy (non-hydrogen) atoms. The Balaban J connectivity index is -0.000000528. The third-order valence-electron chi connectivity index (χ3n) is 12.2. The first-order valence-electron chi connectivity index (χ1n) is 26.7. The Bertz CT molecular complexity index is 715. The van der Waals surface area contributed by atoms with E-state index in [1.165, 1.54) is 287 Å². The molecule has 0 radical (unpaired) electrons. The molecule has 0 spiro atoms. The van der Waals surface area contributed by atoms with E-state index in [2.05, 4.69) is 56.0 Å². The topological polar surface area (TPSA) is 40.1 Å². The lowest BCUT2D eigenvalue weighted by molar-refractivity contribution is -0.890. The summed E-state index contributed by atoms with van der Waals surface area (Å²) in [6.07, 6.45) is 59.8. The zero-order valence-corrected chi connectivity index (χ0v) is 43.5. The molecule has 0 aliphatic rings. The molecule has 0 saturated carbocycles. The van der Waals surface area contributed by atoms with Gasteiger partial charge >= 0.3 is 0 Å². The van der Waals surface area contributed by atoms with Crippen LogP contribution in [0, 0.1) is 0 Å². The maximum absolute atomic E-state index is 8.89. The minimum absolute atomic E-state index is 0. The van der Waals surface area contributed by atoms with Gasteiger partial charge in [0.15, 0.2) is 0 Å². The van der Waals surface area contributed by atoms with Crippen LogP contribution < -0.4 is 17.5 Å². The number of hydrogen-bond donors (Lipinski definition) is 0. The van der Waals surface area contributed by atoms with Crippen molar-refractivity contribution in [2.45, 2.75) is 291 Å². The lowest BCUT2D eigenvalue weighted by Gasteiger charge is -2.30. The Morgan fingerprint density at radius 2 is 0.441 bits per heavy atom. The summed E-state index contributed by atoms with van der Waals surface area (Å²) in [6.45, 7) is 12.0. The second-order valence-corrected chi connectivity index (χ2v) is 20.3. The average Bonchev–Trinajstić information content (AvgIpc) is 3.16. The quantitative estimate of drug-likeness (QED) is 0.0452. The van der Waals surface area contributed by atoms with Gasteiger partial charge in [-0.15, -0.1) is 0 Å². The number of hydrogen-bond acceptors (Lipinski definition) is 2. The highest BCUT2D eigenvalue weighted by Gasteiger charge is 2.13. The maximum atomic E-state index is 8.89. The van der Waals surface area contributed by atoms with Crippen LogP contribution >= 0.6 is 0 Å². The molecule has 0 heterocycles. The zero-order chi connectivity index (χ0) is 43.7. The van der Waals surface area contributed by atoms with E-state index in [9.17, 15) is 0 Å². The fourth-order valence-electron chi connectivity index (χ4n) is 8.18. The number of rotatable bonds is 44. The van der Waals surface area contributed by atoms with Crippen molar-refractivity contribution in [3.05, 3.63) is 0 Å². The molecular weight excluding hydrogens is 744 g/mol. The first-order chi connectivity index (χ1) is 27.9. The van der Waals surface area contributed by atoms with E-state index in [0.717, 1.165) is 11.4 Å². The molecule has 4 nitrogen and oxygen atoms in total. The van der Waals surface area contributed by atoms with Crippen LogP contribution in [0.15, 0.2) is 0 Å². The summed E-state index contributed by atoms with van der Waals surface area (Å²) in [5.41, 5.74) is 0. The number of carbonyl (C=O) groups is 1. The predicted molar refractivity (Wildman–Crippen MR) is 262 cm³/mol. The van der Waals surface area contributed by atoms with E-state index >= 15 is 0 Å². The van der Waals surface area contributed by atoms with E-state index < -0.39 is 5.97 Å². The molecule has 0 rings (SSSR count). The molecule has 360 valence electrons. The molecule has 0 fully saturated rings. The highest BCUT2D eigenvalue weighted by molar-refractivity contribution is 5.60. The molecule has 0 bridgehead atoms. The molecule has 0 aromatic heterocycles. The summed E-state index contributed by atoms with van der Waals surface area (Å²) in [5, 5.41) is 8.89. The van der Waals surface area contributed by atoms with Crippen molar-refractivity contribution in [3.8, 4) is 0 Å². The summed E-state index contributed by atoms with van der Waals surface area (Å²) in [6, 6.07) is 0. The predicted octanol–water partition coefficient (Wildman–Crippen LogP) is 13.6. The fraction of sp³-hybridized carbons (Fsp3) is 0.981. The molecule has 0 unspecified atom stereocenters. The molecule has 0 atom stereocenters. The van der Waals surface area contributed by atoms with Gasteiger partial charge in [-0.25, -0.2) is 0 Å². The van der Waals surface area contributed by atoms with Crippen molar-refractivity contribution in [1.29, 1.82) is 0 Å². The van der Waals surface area contributed by atoms with Crippen molar-refractivity contribution >= 4 is 5.97 Å². The summed E-state index contributed by atoms with van der Waals surface area (Å²) < 4.78 is 2.37. The van der Waals surface area contributed by atoms with Crippen molar-refractivity contribution in [1.82, 2.24) is 0 Å². The van der Waals surface area contributed by atoms with Gasteiger partial charge in [0.05, 0.1) is 54.9 Å². The maximum Gasteiger partial charge on any atom is 0.0782 e. The van der Waals surface area contributed by atoms with Gasteiger partial charge in [0.2, 0.25) is 0 Å². The van der Waals surface area contributed by atoms with E-state index in [1.54, 1.807) is 0 Å². The Kier molecular flexibility index (Phi) is 59.6. The van der Waals surface area contributed by atoms with Crippen LogP contribution in [-0.2, 0) is 4.79 Å². The van der Waals surface area contributed by atoms with E-state index in [0.29, 0.717) is 0 Å². The second kappa shape index (κ2) is 53.8. The summed E-state index contributed by atoms with van der Waals surface area (Å²) >= 11 is 0. The number of carboxylic acids is 1. The SMILES string of the molecule is CC(=O)[O-].CCCCCCCCCCCCCCCC[N+](C)(C)CCCCCCCCCCCCCCCC.CCCCCCCCCCCCCCC[N+](C)(C)C.[Cl-]. The van der Waals surface area contributed by atoms with Crippen LogP contribution in [0.3, 0.4) is 0 Å². The highest BCUT2D eigenvalue weighted by atomic mass is 35.5. The first-order valence-corrected chi connectivity index (χ1v) is 26.7. The van der Waals surface area contributed by atoms with Crippen LogP contribution in [0.5, 0.6) is 0 Å². The molecular formula is C54H115ClN2O2. The molecule has 0 amide bonds. The van der Waals surface area contributed by atoms with Gasteiger partial charge in [-0.2, -0.15) is 0 Å². The fourth-order valence-corrected chi connectivity index (χ4v) is 8.18. The summed E-state index contributed by atoms with van der Waals surface area (Å²) in [4.78, 5) is 8.89. The molecule has 0 saturated heterocycles. The van der Waals surface area contributed by atoms with Crippen molar-refractivity contribution < 1.29 is 31.3 Å². The molecule has 0 aliphatic carbocycles. The van der Waals surface area contributed by atoms with Crippen molar-refractivity contribution in [2.24, 2.45) is 0 Å². The van der Waals surface area contributed by atoms with Crippen LogP contribution in [0.2, 0.25) is 0 Å². The molecule has 5 heteroatoms. The Hall–Kier alpha value is -0.320. The monoisotopic (exact) mass is 859 g/mol. The summed E-state index contributed by atoms with van der Waals surface area (Å²) in [5.74, 6) is -1.08. The average molecular weight is 860 g/mol. The molecule has 0 aromatic carbocycles. The lowest BCUT2D eigenvalue weighted by Crippen LogP contribution is -3.00. The van der Waals surface area contributed by atoms with Gasteiger partial charge in [-0.05, 0) is 45.4 Å². The number of nitrogens with zero attached hydrogens (tertiary/aromatic N) is 2. The van der Waals surface area contributed by atoms with Gasteiger partial charge in [-0.1, -0.05) is 245 Å². The standard InChI is InChI=1S/C34H72N.C18H40N.C2H4O2.ClH/c1-5-7-9-11-13-15-17-19-21-23-25-27-29-31-33-35(3,4)34-32-30-28-26-24-22-20-18-16-14-12-10-8-6-2;1-5-6-7-8-9-10-11-12-13-14-15-16-17-18-19(2,3)4;1-2(3)4;/h5-34H2,1-4H3;5-18H2,1-4H3;1H3,(H,3,4);1H/q2*+1;;/p-2. The Morgan fingerprint density at radius 3 is 0.593 bits per heavy atom. The Morgan fingerprint density at radius 1 is 0.305 bits per heavy atom. The van der Waals surface area contributed by atoms with Crippen LogP contribution in [-0.4, -0.2) is 69.8 Å². The zero-order valence-electron chi connectivity index (χ0n) is 42.7. The van der Waals surface area contributed by atoms with E-state index in [1.807, 2.05) is 0 Å². The first kappa shape index (κ1) is 65.3. The van der Waals surface area contributed by atoms with Gasteiger partial charge in [0, 0.05) is 5.97 Å². The minimum atomic E-state index is -1.08. The van der Waals surface area contributed by atoms with Gasteiger partial charge in [0.25, 0.3) is 0 Å². The molecule has 0 aromatic rings. The molecule has 0 N–H and O–H groups in total. The summed E-state index contributed by atoms with van der Waals surface area (Å²) in [7, 11) is 11.8. The van der Waals surface area contributed by atoms with E-state index in [4.69, 9.17) is 9.90 Å². The number of quaternary nitrogens is 2. The van der Waals surface area contributed by atoms with Gasteiger partial charge < -0.3 is 31.3 Å². The van der Waals surface area contributed by atoms with Crippen molar-refractivity contribution in [3.63, 3.8) is 0 Å². The number of aliphatic carboxylic acids is 1. The number of carbonyl (C=O) groups excluding carboxylic acids is 1. The van der Waals surface area contributed by atoms with Crippen LogP contribution in [0.1, 0.15) is 291 Å². The Labute approximate surface area is 381 Å². The third kappa shape index (κ3) is 72.5. The number of carboxylic acid groups (broad SMARTS) is 1. The smallest absolute Gasteiger partial charge is 0.0782 e. The second-order valence-electron chi connectivity index (χ2n) is 20.3. The van der Waals surface area contributed by atoms with Gasteiger partial charge in [0.1, 0.15) is 0 Å². The number of unbranched alkanes of at least 4 members (excludes halogenated alkanes) is 38. The lowest BCUT2D eigenvalue weighted by atomic mass is 10.0. The van der Waals surface area contributed by atoms with Crippen LogP contribution in [0.25, 0.3) is 0 Å². The molecule has 0 aliphatic heterocycles. The third-order valence-corrected chi connectivity index (χ3v) is 12.2. The number of halogens is 1. The van der Waals surface area contributed by atoms with Crippen molar-refractivity contribution in [2.75, 3.05) is 54.9 Å².